The average molecular weight is 295 g/mol. The number of piperidine rings is 1. The van der Waals surface area contributed by atoms with Crippen molar-refractivity contribution in [3.8, 4) is 0 Å². The molecule has 1 saturated heterocycles. The van der Waals surface area contributed by atoms with Crippen molar-refractivity contribution >= 4 is 17.4 Å². The predicted octanol–water partition coefficient (Wildman–Crippen LogP) is 2.58. The molecule has 2 amide bonds. The fraction of sp³-hybridized carbons (Fsp3) is 0.533. The molecule has 0 unspecified atom stereocenters. The number of carbonyl (C=O) groups is 1. The van der Waals surface area contributed by atoms with Crippen LogP contribution in [0.4, 0.5) is 20.6 Å². The number of hydrogen-bond acceptors (Lipinski definition) is 3. The summed E-state index contributed by atoms with van der Waals surface area (Å²) in [5.74, 6) is -0.358. The third kappa shape index (κ3) is 4.60. The molecule has 6 heteroatoms. The van der Waals surface area contributed by atoms with Crippen LogP contribution in [0.2, 0.25) is 0 Å². The second kappa shape index (κ2) is 7.83. The topological polar surface area (TPSA) is 53.6 Å². The van der Waals surface area contributed by atoms with Gasteiger partial charge in [-0.05, 0) is 37.5 Å². The van der Waals surface area contributed by atoms with Gasteiger partial charge in [0.1, 0.15) is 5.82 Å². The Morgan fingerprint density at radius 3 is 2.81 bits per heavy atom. The Balaban J connectivity index is 2.05. The van der Waals surface area contributed by atoms with Gasteiger partial charge in [-0.3, -0.25) is 0 Å². The van der Waals surface area contributed by atoms with Gasteiger partial charge in [0, 0.05) is 26.7 Å². The lowest BCUT2D eigenvalue weighted by Gasteiger charge is -2.30. The molecule has 0 spiro atoms. The van der Waals surface area contributed by atoms with E-state index in [-0.39, 0.29) is 11.8 Å². The van der Waals surface area contributed by atoms with Crippen LogP contribution in [0.5, 0.6) is 0 Å². The van der Waals surface area contributed by atoms with Crippen LogP contribution in [-0.4, -0.2) is 39.4 Å². The molecule has 0 aromatic heterocycles. The third-order valence-electron chi connectivity index (χ3n) is 3.50. The number of hydrogen-bond donors (Lipinski definition) is 2. The molecule has 1 fully saturated rings. The molecule has 0 aliphatic carbocycles. The molecule has 0 radical (unpaired) electrons. The van der Waals surface area contributed by atoms with E-state index in [1.165, 1.54) is 18.6 Å². The molecule has 1 heterocycles. The summed E-state index contributed by atoms with van der Waals surface area (Å²) in [5.41, 5.74) is 1.38. The van der Waals surface area contributed by atoms with Crippen LogP contribution in [0.25, 0.3) is 0 Å². The third-order valence-corrected chi connectivity index (χ3v) is 3.50. The number of halogens is 1. The maximum absolute atomic E-state index is 13.5. The second-order valence-corrected chi connectivity index (χ2v) is 5.08. The highest BCUT2D eigenvalue weighted by atomic mass is 19.1. The van der Waals surface area contributed by atoms with E-state index in [9.17, 15) is 9.18 Å². The lowest BCUT2D eigenvalue weighted by atomic mass is 10.1. The number of urea groups is 1. The van der Waals surface area contributed by atoms with Crippen LogP contribution in [0.15, 0.2) is 18.2 Å². The van der Waals surface area contributed by atoms with Crippen molar-refractivity contribution in [1.29, 1.82) is 0 Å². The number of anilines is 2. The van der Waals surface area contributed by atoms with Gasteiger partial charge in [-0.15, -0.1) is 0 Å². The first-order valence-electron chi connectivity index (χ1n) is 7.29. The molecular formula is C15H22FN3O2. The molecule has 116 valence electrons. The normalized spacial score (nSPS) is 14.9. The highest BCUT2D eigenvalue weighted by Crippen LogP contribution is 2.29. The van der Waals surface area contributed by atoms with Crippen LogP contribution in [0, 0.1) is 5.82 Å². The zero-order chi connectivity index (χ0) is 15.1. The number of rotatable bonds is 5. The fourth-order valence-corrected chi connectivity index (χ4v) is 2.45. The Kier molecular flexibility index (Phi) is 5.80. The standard InChI is InChI=1S/C15H22FN3O2/c1-21-10-7-17-15(20)18-13-11-12(16)5-6-14(13)19-8-3-2-4-9-19/h5-6,11H,2-4,7-10H2,1H3,(H2,17,18,20). The first-order chi connectivity index (χ1) is 10.2. The summed E-state index contributed by atoms with van der Waals surface area (Å²) in [4.78, 5) is 14.0. The van der Waals surface area contributed by atoms with E-state index in [4.69, 9.17) is 4.74 Å². The Labute approximate surface area is 124 Å². The first-order valence-corrected chi connectivity index (χ1v) is 7.29. The predicted molar refractivity (Wildman–Crippen MR) is 81.4 cm³/mol. The lowest BCUT2D eigenvalue weighted by molar-refractivity contribution is 0.198. The van der Waals surface area contributed by atoms with Crippen molar-refractivity contribution in [3.63, 3.8) is 0 Å². The number of nitrogens with zero attached hydrogens (tertiary/aromatic N) is 1. The van der Waals surface area contributed by atoms with Crippen LogP contribution in [0.1, 0.15) is 19.3 Å². The van der Waals surface area contributed by atoms with Gasteiger partial charge in [0.2, 0.25) is 0 Å². The number of benzene rings is 1. The summed E-state index contributed by atoms with van der Waals surface area (Å²) in [6.07, 6.45) is 3.46. The number of amides is 2. The van der Waals surface area contributed by atoms with Crippen LogP contribution in [0.3, 0.4) is 0 Å². The number of carbonyl (C=O) groups excluding carboxylic acids is 1. The van der Waals surface area contributed by atoms with E-state index in [1.807, 2.05) is 0 Å². The zero-order valence-corrected chi connectivity index (χ0v) is 12.3. The van der Waals surface area contributed by atoms with Crippen molar-refractivity contribution in [2.24, 2.45) is 0 Å². The highest BCUT2D eigenvalue weighted by molar-refractivity contribution is 5.93. The van der Waals surface area contributed by atoms with Gasteiger partial charge in [0.05, 0.1) is 18.0 Å². The van der Waals surface area contributed by atoms with Gasteiger partial charge in [0.25, 0.3) is 0 Å². The van der Waals surface area contributed by atoms with Crippen LogP contribution in [-0.2, 0) is 4.74 Å². The molecule has 5 nitrogen and oxygen atoms in total. The van der Waals surface area contributed by atoms with Gasteiger partial charge in [0.15, 0.2) is 0 Å². The molecule has 2 N–H and O–H groups in total. The van der Waals surface area contributed by atoms with Crippen molar-refractivity contribution in [2.45, 2.75) is 19.3 Å². The number of nitrogens with one attached hydrogen (secondary N) is 2. The molecule has 1 aliphatic rings. The summed E-state index contributed by atoms with van der Waals surface area (Å²) in [6.45, 7) is 2.73. The Morgan fingerprint density at radius 1 is 1.33 bits per heavy atom. The van der Waals surface area contributed by atoms with E-state index in [1.54, 1.807) is 13.2 Å². The molecule has 1 aromatic rings. The molecule has 0 atom stereocenters. The molecule has 0 saturated carbocycles. The van der Waals surface area contributed by atoms with Crippen molar-refractivity contribution in [3.05, 3.63) is 24.0 Å². The molecular weight excluding hydrogens is 273 g/mol. The van der Waals surface area contributed by atoms with E-state index in [0.717, 1.165) is 31.6 Å². The van der Waals surface area contributed by atoms with E-state index in [2.05, 4.69) is 15.5 Å². The van der Waals surface area contributed by atoms with Gasteiger partial charge in [-0.1, -0.05) is 0 Å². The smallest absolute Gasteiger partial charge is 0.319 e. The summed E-state index contributed by atoms with van der Waals surface area (Å²) >= 11 is 0. The minimum Gasteiger partial charge on any atom is -0.383 e. The van der Waals surface area contributed by atoms with Gasteiger partial charge >= 0.3 is 6.03 Å². The van der Waals surface area contributed by atoms with Crippen LogP contribution >= 0.6 is 0 Å². The van der Waals surface area contributed by atoms with Gasteiger partial charge < -0.3 is 20.3 Å². The summed E-state index contributed by atoms with van der Waals surface area (Å²) in [7, 11) is 1.57. The van der Waals surface area contributed by atoms with Gasteiger partial charge in [-0.2, -0.15) is 0 Å². The minimum absolute atomic E-state index is 0.351. The minimum atomic E-state index is -0.358. The quantitative estimate of drug-likeness (QED) is 0.821. The van der Waals surface area contributed by atoms with E-state index >= 15 is 0 Å². The number of ether oxygens (including phenoxy) is 1. The molecule has 1 aromatic carbocycles. The van der Waals surface area contributed by atoms with Crippen molar-refractivity contribution in [1.82, 2.24) is 5.32 Å². The lowest BCUT2D eigenvalue weighted by Crippen LogP contribution is -2.34. The van der Waals surface area contributed by atoms with E-state index in [0.29, 0.717) is 18.8 Å². The maximum atomic E-state index is 13.5. The summed E-state index contributed by atoms with van der Waals surface area (Å²) in [5, 5.41) is 5.39. The fourth-order valence-electron chi connectivity index (χ4n) is 2.45. The summed E-state index contributed by atoms with van der Waals surface area (Å²) < 4.78 is 18.3. The average Bonchev–Trinajstić information content (AvgIpc) is 2.48. The Bertz CT molecular complexity index is 476. The monoisotopic (exact) mass is 295 g/mol. The number of methoxy groups -OCH3 is 1. The maximum Gasteiger partial charge on any atom is 0.319 e. The highest BCUT2D eigenvalue weighted by Gasteiger charge is 2.16. The second-order valence-electron chi connectivity index (χ2n) is 5.08. The van der Waals surface area contributed by atoms with Crippen LogP contribution < -0.4 is 15.5 Å². The molecule has 0 bridgehead atoms. The molecule has 1 aliphatic heterocycles. The first kappa shape index (κ1) is 15.6. The van der Waals surface area contributed by atoms with Crippen molar-refractivity contribution in [2.75, 3.05) is 43.6 Å². The molecule has 2 rings (SSSR count). The van der Waals surface area contributed by atoms with Crippen molar-refractivity contribution < 1.29 is 13.9 Å². The largest absolute Gasteiger partial charge is 0.383 e. The van der Waals surface area contributed by atoms with Gasteiger partial charge in [-0.25, -0.2) is 9.18 Å². The summed E-state index contributed by atoms with van der Waals surface area (Å²) in [6, 6.07) is 4.17. The SMILES string of the molecule is COCCNC(=O)Nc1cc(F)ccc1N1CCCCC1. The Morgan fingerprint density at radius 2 is 2.10 bits per heavy atom. The zero-order valence-electron chi connectivity index (χ0n) is 12.3. The Hall–Kier alpha value is -1.82. The molecule has 21 heavy (non-hydrogen) atoms. The van der Waals surface area contributed by atoms with E-state index < -0.39 is 0 Å².